The van der Waals surface area contributed by atoms with Gasteiger partial charge in [0, 0.05) is 10.5 Å². The molecule has 0 spiro atoms. The quantitative estimate of drug-likeness (QED) is 0.411. The summed E-state index contributed by atoms with van der Waals surface area (Å²) >= 11 is 1.57. The van der Waals surface area contributed by atoms with E-state index in [-0.39, 0.29) is 18.6 Å². The summed E-state index contributed by atoms with van der Waals surface area (Å²) < 4.78 is 15.7. The molecule has 0 saturated heterocycles. The summed E-state index contributed by atoms with van der Waals surface area (Å²) in [6.07, 6.45) is 3.44. The molecule has 0 bridgehead atoms. The SMILES string of the molecule is CCOC(=O)/C(=C/c1ccc(SC)c(OC)c1)CC(=O)OC(C)(C)C. The number of ether oxygens (including phenoxy) is 3. The van der Waals surface area contributed by atoms with Crippen LogP contribution in [0, 0.1) is 0 Å². The molecule has 0 amide bonds. The number of carbonyl (C=O) groups is 2. The maximum absolute atomic E-state index is 12.2. The van der Waals surface area contributed by atoms with Crippen LogP contribution in [0.2, 0.25) is 0 Å². The van der Waals surface area contributed by atoms with Gasteiger partial charge < -0.3 is 14.2 Å². The fraction of sp³-hybridized carbons (Fsp3) is 0.474. The maximum Gasteiger partial charge on any atom is 0.334 e. The van der Waals surface area contributed by atoms with Gasteiger partial charge in [0.1, 0.15) is 11.4 Å². The standard InChI is InChI=1S/C19H26O5S/c1-7-23-18(21)14(12-17(20)24-19(2,3)4)10-13-8-9-16(25-6)15(11-13)22-5/h8-11H,7,12H2,1-6H3/b14-10+. The third kappa shape index (κ3) is 7.22. The molecule has 1 aromatic rings. The Bertz CT molecular complexity index is 644. The van der Waals surface area contributed by atoms with Gasteiger partial charge in [-0.1, -0.05) is 6.07 Å². The van der Waals surface area contributed by atoms with Crippen LogP contribution in [0.25, 0.3) is 6.08 Å². The van der Waals surface area contributed by atoms with E-state index in [4.69, 9.17) is 14.2 Å². The monoisotopic (exact) mass is 366 g/mol. The fourth-order valence-electron chi connectivity index (χ4n) is 2.08. The molecule has 0 N–H and O–H groups in total. The van der Waals surface area contributed by atoms with E-state index in [1.807, 2.05) is 24.5 Å². The number of benzene rings is 1. The van der Waals surface area contributed by atoms with Gasteiger partial charge in [-0.15, -0.1) is 11.8 Å². The van der Waals surface area contributed by atoms with Crippen molar-refractivity contribution in [3.05, 3.63) is 29.3 Å². The summed E-state index contributed by atoms with van der Waals surface area (Å²) in [7, 11) is 1.59. The molecular formula is C19H26O5S. The Morgan fingerprint density at radius 2 is 1.92 bits per heavy atom. The molecule has 6 heteroatoms. The zero-order valence-corrected chi connectivity index (χ0v) is 16.5. The van der Waals surface area contributed by atoms with E-state index >= 15 is 0 Å². The second-order valence-electron chi connectivity index (χ2n) is 6.27. The van der Waals surface area contributed by atoms with E-state index in [0.29, 0.717) is 5.75 Å². The van der Waals surface area contributed by atoms with Crippen molar-refractivity contribution in [1.29, 1.82) is 0 Å². The van der Waals surface area contributed by atoms with Crippen LogP contribution in [-0.2, 0) is 19.1 Å². The topological polar surface area (TPSA) is 61.8 Å². The smallest absolute Gasteiger partial charge is 0.334 e. The highest BCUT2D eigenvalue weighted by atomic mass is 32.2. The zero-order chi connectivity index (χ0) is 19.0. The second kappa shape index (κ2) is 9.51. The van der Waals surface area contributed by atoms with E-state index in [0.717, 1.165) is 10.5 Å². The molecule has 25 heavy (non-hydrogen) atoms. The minimum absolute atomic E-state index is 0.150. The van der Waals surface area contributed by atoms with Gasteiger partial charge >= 0.3 is 11.9 Å². The van der Waals surface area contributed by atoms with E-state index in [1.54, 1.807) is 52.6 Å². The molecule has 0 fully saturated rings. The second-order valence-corrected chi connectivity index (χ2v) is 7.12. The van der Waals surface area contributed by atoms with Gasteiger partial charge in [0.15, 0.2) is 0 Å². The zero-order valence-electron chi connectivity index (χ0n) is 15.7. The third-order valence-electron chi connectivity index (χ3n) is 3.04. The molecule has 0 aliphatic rings. The Balaban J connectivity index is 3.12. The summed E-state index contributed by atoms with van der Waals surface area (Å²) in [4.78, 5) is 25.3. The van der Waals surface area contributed by atoms with E-state index < -0.39 is 17.5 Å². The molecule has 138 valence electrons. The van der Waals surface area contributed by atoms with Crippen molar-refractivity contribution in [1.82, 2.24) is 0 Å². The lowest BCUT2D eigenvalue weighted by atomic mass is 10.1. The molecule has 1 rings (SSSR count). The molecule has 0 radical (unpaired) electrons. The van der Waals surface area contributed by atoms with Gasteiger partial charge in [0.25, 0.3) is 0 Å². The van der Waals surface area contributed by atoms with Crippen molar-refractivity contribution in [3.8, 4) is 5.75 Å². The van der Waals surface area contributed by atoms with Crippen molar-refractivity contribution >= 4 is 29.8 Å². The largest absolute Gasteiger partial charge is 0.496 e. The Labute approximate surface area is 153 Å². The van der Waals surface area contributed by atoms with Gasteiger partial charge in [-0.3, -0.25) is 4.79 Å². The fourth-order valence-corrected chi connectivity index (χ4v) is 2.63. The Kier molecular flexibility index (Phi) is 8.03. The Hall–Kier alpha value is -1.95. The van der Waals surface area contributed by atoms with Crippen LogP contribution in [-0.4, -0.2) is 37.5 Å². The molecule has 1 aromatic carbocycles. The van der Waals surface area contributed by atoms with Gasteiger partial charge in [0.05, 0.1) is 20.1 Å². The van der Waals surface area contributed by atoms with E-state index in [9.17, 15) is 9.59 Å². The molecule has 0 unspecified atom stereocenters. The maximum atomic E-state index is 12.2. The molecule has 5 nitrogen and oxygen atoms in total. The van der Waals surface area contributed by atoms with Gasteiger partial charge in [-0.2, -0.15) is 0 Å². The van der Waals surface area contributed by atoms with Crippen LogP contribution >= 0.6 is 11.8 Å². The highest BCUT2D eigenvalue weighted by Gasteiger charge is 2.21. The van der Waals surface area contributed by atoms with E-state index in [2.05, 4.69) is 0 Å². The van der Waals surface area contributed by atoms with Crippen LogP contribution < -0.4 is 4.74 Å². The summed E-state index contributed by atoms with van der Waals surface area (Å²) in [6.45, 7) is 7.30. The number of rotatable bonds is 7. The number of carbonyl (C=O) groups excluding carboxylic acids is 2. The molecule has 0 atom stereocenters. The lowest BCUT2D eigenvalue weighted by Crippen LogP contribution is -2.25. The van der Waals surface area contributed by atoms with Crippen LogP contribution in [0.15, 0.2) is 28.7 Å². The molecular weight excluding hydrogens is 340 g/mol. The number of hydrogen-bond acceptors (Lipinski definition) is 6. The Morgan fingerprint density at radius 3 is 2.44 bits per heavy atom. The molecule has 0 heterocycles. The van der Waals surface area contributed by atoms with Gasteiger partial charge in [0.2, 0.25) is 0 Å². The highest BCUT2D eigenvalue weighted by Crippen LogP contribution is 2.29. The summed E-state index contributed by atoms with van der Waals surface area (Å²) in [6, 6.07) is 5.59. The summed E-state index contributed by atoms with van der Waals surface area (Å²) in [5.74, 6) is -0.289. The van der Waals surface area contributed by atoms with Crippen molar-refractivity contribution in [2.45, 2.75) is 44.6 Å². The summed E-state index contributed by atoms with van der Waals surface area (Å²) in [5, 5.41) is 0. The molecule has 0 aliphatic heterocycles. The van der Waals surface area contributed by atoms with E-state index in [1.165, 1.54) is 0 Å². The lowest BCUT2D eigenvalue weighted by molar-refractivity contribution is -0.155. The highest BCUT2D eigenvalue weighted by molar-refractivity contribution is 7.98. The van der Waals surface area contributed by atoms with Crippen molar-refractivity contribution in [2.75, 3.05) is 20.0 Å². The summed E-state index contributed by atoms with van der Waals surface area (Å²) in [5.41, 5.74) is 0.386. The first-order chi connectivity index (χ1) is 11.7. The van der Waals surface area contributed by atoms with Crippen molar-refractivity contribution in [3.63, 3.8) is 0 Å². The molecule has 0 aliphatic carbocycles. The first kappa shape index (κ1) is 21.1. The first-order valence-electron chi connectivity index (χ1n) is 8.01. The first-order valence-corrected chi connectivity index (χ1v) is 9.24. The van der Waals surface area contributed by atoms with Crippen molar-refractivity contribution < 1.29 is 23.8 Å². The van der Waals surface area contributed by atoms with Crippen LogP contribution in [0.3, 0.4) is 0 Å². The van der Waals surface area contributed by atoms with Gasteiger partial charge in [-0.25, -0.2) is 4.79 Å². The number of hydrogen-bond donors (Lipinski definition) is 0. The third-order valence-corrected chi connectivity index (χ3v) is 3.82. The van der Waals surface area contributed by atoms with Crippen molar-refractivity contribution in [2.24, 2.45) is 0 Å². The lowest BCUT2D eigenvalue weighted by Gasteiger charge is -2.19. The van der Waals surface area contributed by atoms with Gasteiger partial charge in [-0.05, 0) is 57.7 Å². The minimum atomic E-state index is -0.611. The van der Waals surface area contributed by atoms with Crippen LogP contribution in [0.5, 0.6) is 5.75 Å². The predicted molar refractivity (Wildman–Crippen MR) is 99.8 cm³/mol. The predicted octanol–water partition coefficient (Wildman–Crippen LogP) is 4.10. The normalized spacial score (nSPS) is 11.8. The minimum Gasteiger partial charge on any atom is -0.496 e. The molecule has 0 aromatic heterocycles. The number of esters is 2. The van der Waals surface area contributed by atoms with Crippen LogP contribution in [0.1, 0.15) is 39.7 Å². The number of thioether (sulfide) groups is 1. The number of methoxy groups -OCH3 is 1. The Morgan fingerprint density at radius 1 is 1.24 bits per heavy atom. The molecule has 0 saturated carbocycles. The van der Waals surface area contributed by atoms with Crippen LogP contribution in [0.4, 0.5) is 0 Å². The average Bonchev–Trinajstić information content (AvgIpc) is 2.52. The average molecular weight is 366 g/mol.